The predicted molar refractivity (Wildman–Crippen MR) is 71.2 cm³/mol. The summed E-state index contributed by atoms with van der Waals surface area (Å²) in [7, 11) is 0. The fourth-order valence-electron chi connectivity index (χ4n) is 0.870. The molecule has 0 amide bonds. The summed E-state index contributed by atoms with van der Waals surface area (Å²) < 4.78 is 0. The maximum atomic E-state index is 9.73. The summed E-state index contributed by atoms with van der Waals surface area (Å²) in [6, 6.07) is 0. The van der Waals surface area contributed by atoms with Gasteiger partial charge in [-0.1, -0.05) is 0 Å². The summed E-state index contributed by atoms with van der Waals surface area (Å²) in [6.07, 6.45) is -3.38. The second kappa shape index (κ2) is 7.97. The highest BCUT2D eigenvalue weighted by Crippen LogP contribution is 2.02. The van der Waals surface area contributed by atoms with Crippen molar-refractivity contribution in [2.45, 2.75) is 25.2 Å². The molecule has 19 heavy (non-hydrogen) atoms. The quantitative estimate of drug-likeness (QED) is 0.144. The van der Waals surface area contributed by atoms with Crippen LogP contribution in [0, 0.1) is 0 Å². The van der Waals surface area contributed by atoms with Crippen molar-refractivity contribution in [2.24, 2.45) is 43.3 Å². The lowest BCUT2D eigenvalue weighted by Gasteiger charge is -2.19. The molecule has 0 saturated carbocycles. The highest BCUT2D eigenvalue weighted by molar-refractivity contribution is 6.32. The molecule has 0 heterocycles. The molecule has 108 valence electrons. The number of nitrogens with zero attached hydrogens (tertiary/aromatic N) is 4. The Morgan fingerprint density at radius 1 is 0.947 bits per heavy atom. The van der Waals surface area contributed by atoms with Crippen LogP contribution in [0.3, 0.4) is 0 Å². The van der Waals surface area contributed by atoms with Gasteiger partial charge in [0.25, 0.3) is 0 Å². The molecule has 11 N–H and O–H groups in total. The molecule has 0 saturated heterocycles. The number of hydrogen-bond acceptors (Lipinski definition) is 7. The minimum Gasteiger partial charge on any atom is -0.391 e. The maximum absolute atomic E-state index is 9.73. The van der Waals surface area contributed by atoms with E-state index in [1.54, 1.807) is 0 Å². The van der Waals surface area contributed by atoms with Gasteiger partial charge in [-0.3, -0.25) is 0 Å². The summed E-state index contributed by atoms with van der Waals surface area (Å²) in [6.45, 7) is 1.28. The molecule has 3 unspecified atom stereocenters. The molecular weight excluding hydrogens is 256 g/mol. The first-order chi connectivity index (χ1) is 8.75. The van der Waals surface area contributed by atoms with Gasteiger partial charge >= 0.3 is 0 Å². The molecule has 0 fully saturated rings. The summed E-state index contributed by atoms with van der Waals surface area (Å²) in [5.41, 5.74) is 20.0. The summed E-state index contributed by atoms with van der Waals surface area (Å²) in [5, 5.41) is 41.8. The van der Waals surface area contributed by atoms with Crippen LogP contribution in [0.15, 0.2) is 20.4 Å². The van der Waals surface area contributed by atoms with Crippen LogP contribution in [-0.4, -0.2) is 57.5 Å². The number of rotatable bonds is 6. The molecule has 0 radical (unpaired) electrons. The van der Waals surface area contributed by atoms with Gasteiger partial charge in [-0.15, -0.1) is 15.3 Å². The van der Waals surface area contributed by atoms with Gasteiger partial charge < -0.3 is 38.3 Å². The lowest BCUT2D eigenvalue weighted by molar-refractivity contribution is -0.0249. The molecule has 0 aliphatic heterocycles. The minimum atomic E-state index is -1.58. The van der Waals surface area contributed by atoms with Crippen molar-refractivity contribution in [1.29, 1.82) is 0 Å². The Kier molecular flexibility index (Phi) is 7.03. The minimum absolute atomic E-state index is 0.244. The van der Waals surface area contributed by atoms with E-state index >= 15 is 0 Å². The van der Waals surface area contributed by atoms with Gasteiger partial charge in [0.05, 0.1) is 12.3 Å². The van der Waals surface area contributed by atoms with Crippen molar-refractivity contribution in [2.75, 3.05) is 0 Å². The molecule has 0 aromatic heterocycles. The van der Waals surface area contributed by atoms with Gasteiger partial charge in [0.15, 0.2) is 0 Å². The lowest BCUT2D eigenvalue weighted by atomic mass is 10.1. The zero-order valence-corrected chi connectivity index (χ0v) is 10.2. The molecule has 0 spiro atoms. The van der Waals surface area contributed by atoms with Crippen molar-refractivity contribution >= 4 is 23.8 Å². The Hall–Kier alpha value is -2.24. The van der Waals surface area contributed by atoms with Crippen LogP contribution in [0.1, 0.15) is 6.92 Å². The van der Waals surface area contributed by atoms with E-state index in [1.807, 2.05) is 0 Å². The van der Waals surface area contributed by atoms with E-state index in [4.69, 9.17) is 28.0 Å². The van der Waals surface area contributed by atoms with Crippen LogP contribution in [0.5, 0.6) is 0 Å². The van der Waals surface area contributed by atoms with E-state index in [0.29, 0.717) is 0 Å². The highest BCUT2D eigenvalue weighted by atomic mass is 16.4. The summed E-state index contributed by atoms with van der Waals surface area (Å²) in [4.78, 5) is 0. The zero-order chi connectivity index (χ0) is 15.0. The molecule has 0 aromatic carbocycles. The van der Waals surface area contributed by atoms with Gasteiger partial charge in [-0.25, -0.2) is 0 Å². The van der Waals surface area contributed by atoms with E-state index in [9.17, 15) is 10.2 Å². The Morgan fingerprint density at radius 2 is 1.47 bits per heavy atom. The Balaban J connectivity index is 5.18. The van der Waals surface area contributed by atoms with Crippen molar-refractivity contribution in [3.8, 4) is 0 Å². The summed E-state index contributed by atoms with van der Waals surface area (Å²) in [5.74, 6) is -0.686. The zero-order valence-electron chi connectivity index (χ0n) is 10.2. The molecule has 0 aliphatic carbocycles. The first-order valence-electron chi connectivity index (χ1n) is 5.08. The number of nitrogens with two attached hydrogens (primary N) is 4. The molecule has 11 heteroatoms. The van der Waals surface area contributed by atoms with Crippen LogP contribution in [0.4, 0.5) is 0 Å². The van der Waals surface area contributed by atoms with E-state index in [2.05, 4.69) is 20.4 Å². The molecule has 0 aliphatic rings. The maximum Gasteiger partial charge on any atom is 0.211 e. The fraction of sp³-hybridized carbons (Fsp3) is 0.500. The average Bonchev–Trinajstić information content (AvgIpc) is 2.30. The van der Waals surface area contributed by atoms with Gasteiger partial charge in [0.1, 0.15) is 17.9 Å². The van der Waals surface area contributed by atoms with E-state index in [1.165, 1.54) is 6.92 Å². The second-order valence-electron chi connectivity index (χ2n) is 3.50. The summed E-state index contributed by atoms with van der Waals surface area (Å²) >= 11 is 0. The second-order valence-corrected chi connectivity index (χ2v) is 3.50. The van der Waals surface area contributed by atoms with E-state index in [0.717, 1.165) is 6.21 Å². The third-order valence-electron chi connectivity index (χ3n) is 1.76. The monoisotopic (exact) mass is 274 g/mol. The van der Waals surface area contributed by atoms with Gasteiger partial charge in [-0.05, 0) is 6.92 Å². The van der Waals surface area contributed by atoms with Crippen LogP contribution >= 0.6 is 0 Å². The highest BCUT2D eigenvalue weighted by Gasteiger charge is 2.25. The van der Waals surface area contributed by atoms with E-state index < -0.39 is 18.3 Å². The van der Waals surface area contributed by atoms with Gasteiger partial charge in [-0.2, -0.15) is 5.10 Å². The largest absolute Gasteiger partial charge is 0.391 e. The van der Waals surface area contributed by atoms with Gasteiger partial charge in [0, 0.05) is 0 Å². The fourth-order valence-corrected chi connectivity index (χ4v) is 0.870. The first-order valence-corrected chi connectivity index (χ1v) is 5.08. The predicted octanol–water partition coefficient (Wildman–Crippen LogP) is -4.02. The van der Waals surface area contributed by atoms with Crippen LogP contribution < -0.4 is 22.9 Å². The average molecular weight is 274 g/mol. The van der Waals surface area contributed by atoms with Crippen molar-refractivity contribution in [1.82, 2.24) is 0 Å². The number of aliphatic hydroxyl groups is 3. The number of aliphatic hydroxyl groups excluding tert-OH is 3. The normalized spacial score (nSPS) is 16.7. The molecule has 0 aromatic rings. The Morgan fingerprint density at radius 3 is 1.89 bits per heavy atom. The molecule has 0 rings (SSSR count). The first kappa shape index (κ1) is 16.8. The molecular formula is C8H18N8O3. The van der Waals surface area contributed by atoms with Crippen molar-refractivity contribution in [3.63, 3.8) is 0 Å². The molecule has 3 atom stereocenters. The van der Waals surface area contributed by atoms with Gasteiger partial charge in [0.2, 0.25) is 11.9 Å². The number of hydrogen-bond donors (Lipinski definition) is 7. The third-order valence-corrected chi connectivity index (χ3v) is 1.76. The third kappa shape index (κ3) is 6.92. The Labute approximate surface area is 109 Å². The van der Waals surface area contributed by atoms with Crippen molar-refractivity contribution < 1.29 is 15.3 Å². The number of guanidine groups is 2. The standard InChI is InChI=1S/C8H18N8O3/c1-3(17)5(18)6(19)4(14-16-8(11)12)2-13-15-7(9)10/h2-3,5-6,17-19H,1H3,(H4,9,10,15)(H4,11,12,16)/b13-2+,14-4?. The molecule has 11 nitrogen and oxygen atoms in total. The van der Waals surface area contributed by atoms with Crippen molar-refractivity contribution in [3.05, 3.63) is 0 Å². The van der Waals surface area contributed by atoms with Crippen LogP contribution in [0.25, 0.3) is 0 Å². The lowest BCUT2D eigenvalue weighted by Crippen LogP contribution is -2.41. The smallest absolute Gasteiger partial charge is 0.211 e. The van der Waals surface area contributed by atoms with Crippen LogP contribution in [-0.2, 0) is 0 Å². The van der Waals surface area contributed by atoms with E-state index in [-0.39, 0.29) is 17.6 Å². The topological polar surface area (TPSA) is 214 Å². The SMILES string of the molecule is CC(O)C(O)C(O)C(/C=N/N=C(N)N)=NN=C(N)N. The van der Waals surface area contributed by atoms with Crippen LogP contribution in [0.2, 0.25) is 0 Å². The Bertz CT molecular complexity index is 395. The molecule has 0 bridgehead atoms.